The van der Waals surface area contributed by atoms with Gasteiger partial charge < -0.3 is 5.73 Å². The fourth-order valence-corrected chi connectivity index (χ4v) is 3.26. The van der Waals surface area contributed by atoms with E-state index in [1.165, 1.54) is 32.4 Å². The van der Waals surface area contributed by atoms with Crippen LogP contribution < -0.4 is 5.73 Å². The molecule has 3 rings (SSSR count). The lowest BCUT2D eigenvalue weighted by Gasteiger charge is -2.36. The molecule has 1 saturated carbocycles. The van der Waals surface area contributed by atoms with Gasteiger partial charge in [-0.1, -0.05) is 0 Å². The van der Waals surface area contributed by atoms with E-state index >= 15 is 0 Å². The van der Waals surface area contributed by atoms with Crippen molar-refractivity contribution in [3.63, 3.8) is 0 Å². The quantitative estimate of drug-likeness (QED) is 0.620. The van der Waals surface area contributed by atoms with Crippen molar-refractivity contribution in [1.29, 1.82) is 0 Å². The average molecular weight is 166 g/mol. The fourth-order valence-electron chi connectivity index (χ4n) is 3.26. The number of nitrogens with two attached hydrogens (primary N) is 1. The number of rotatable bonds is 1. The smallest absolute Gasteiger partial charge is 0.0130 e. The molecule has 68 valence electrons. The molecule has 1 aliphatic carbocycles. The number of nitrogens with zero attached hydrogens (tertiary/aromatic N) is 1. The Morgan fingerprint density at radius 2 is 2.25 bits per heavy atom. The van der Waals surface area contributed by atoms with Crippen LogP contribution in [0.1, 0.15) is 19.3 Å². The molecule has 0 spiro atoms. The Bertz CT molecular complexity index is 192. The number of hydrogen-bond donors (Lipinski definition) is 1. The maximum atomic E-state index is 5.73. The molecule has 4 unspecified atom stereocenters. The molecule has 3 fully saturated rings. The Hall–Kier alpha value is -0.0800. The maximum absolute atomic E-state index is 5.73. The first-order valence-electron chi connectivity index (χ1n) is 5.32. The lowest BCUT2D eigenvalue weighted by atomic mass is 9.90. The van der Waals surface area contributed by atoms with E-state index in [0.29, 0.717) is 0 Å². The highest BCUT2D eigenvalue weighted by Crippen LogP contribution is 2.52. The van der Waals surface area contributed by atoms with Gasteiger partial charge in [0, 0.05) is 12.6 Å². The molecule has 2 nitrogen and oxygen atoms in total. The minimum absolute atomic E-state index is 0.839. The lowest BCUT2D eigenvalue weighted by molar-refractivity contribution is 0.132. The van der Waals surface area contributed by atoms with E-state index in [-0.39, 0.29) is 0 Å². The summed E-state index contributed by atoms with van der Waals surface area (Å²) in [7, 11) is 0. The van der Waals surface area contributed by atoms with Crippen LogP contribution in [0.4, 0.5) is 0 Å². The molecule has 0 bridgehead atoms. The molecule has 0 aromatic rings. The van der Waals surface area contributed by atoms with Crippen LogP contribution in [0.5, 0.6) is 0 Å². The summed E-state index contributed by atoms with van der Waals surface area (Å²) in [6, 6.07) is 0.942. The van der Waals surface area contributed by atoms with Gasteiger partial charge in [0.2, 0.25) is 0 Å². The van der Waals surface area contributed by atoms with Crippen molar-refractivity contribution in [2.45, 2.75) is 25.3 Å². The largest absolute Gasteiger partial charge is 0.330 e. The van der Waals surface area contributed by atoms with Crippen LogP contribution in [0.15, 0.2) is 0 Å². The van der Waals surface area contributed by atoms with Gasteiger partial charge in [0.05, 0.1) is 0 Å². The van der Waals surface area contributed by atoms with Gasteiger partial charge >= 0.3 is 0 Å². The van der Waals surface area contributed by atoms with Gasteiger partial charge in [-0.05, 0) is 50.1 Å². The van der Waals surface area contributed by atoms with Crippen molar-refractivity contribution < 1.29 is 0 Å². The summed E-state index contributed by atoms with van der Waals surface area (Å²) in [5.74, 6) is 3.01. The van der Waals surface area contributed by atoms with Crippen LogP contribution >= 0.6 is 0 Å². The van der Waals surface area contributed by atoms with Crippen molar-refractivity contribution in [3.05, 3.63) is 0 Å². The van der Waals surface area contributed by atoms with Gasteiger partial charge in [0.15, 0.2) is 0 Å². The molecule has 2 N–H and O–H groups in total. The minimum Gasteiger partial charge on any atom is -0.330 e. The van der Waals surface area contributed by atoms with Gasteiger partial charge in [-0.15, -0.1) is 0 Å². The van der Waals surface area contributed by atoms with Crippen molar-refractivity contribution in [2.24, 2.45) is 23.5 Å². The summed E-state index contributed by atoms with van der Waals surface area (Å²) in [5.41, 5.74) is 5.73. The van der Waals surface area contributed by atoms with E-state index in [2.05, 4.69) is 4.90 Å². The standard InChI is InChI=1S/C10H18N2/c11-5-7-1-2-12-6-8-4-9(8)10(12)3-7/h7-10H,1-6,11H2. The summed E-state index contributed by atoms with van der Waals surface area (Å²) in [5, 5.41) is 0. The second-order valence-corrected chi connectivity index (χ2v) is 4.85. The van der Waals surface area contributed by atoms with Crippen LogP contribution in [0.3, 0.4) is 0 Å². The summed E-state index contributed by atoms with van der Waals surface area (Å²) in [4.78, 5) is 2.71. The number of piperidine rings is 2. The molecule has 3 aliphatic rings. The normalized spacial score (nSPS) is 51.8. The molecule has 4 atom stereocenters. The second kappa shape index (κ2) is 2.46. The van der Waals surface area contributed by atoms with Gasteiger partial charge in [0.25, 0.3) is 0 Å². The molecule has 12 heavy (non-hydrogen) atoms. The minimum atomic E-state index is 0.839. The summed E-state index contributed by atoms with van der Waals surface area (Å²) >= 11 is 0. The number of hydrogen-bond acceptors (Lipinski definition) is 2. The predicted molar refractivity (Wildman–Crippen MR) is 48.7 cm³/mol. The third-order valence-electron chi connectivity index (χ3n) is 4.14. The Kier molecular flexibility index (Phi) is 1.50. The van der Waals surface area contributed by atoms with E-state index in [4.69, 9.17) is 5.73 Å². The summed E-state index contributed by atoms with van der Waals surface area (Å²) in [6.45, 7) is 3.66. The molecule has 0 radical (unpaired) electrons. The monoisotopic (exact) mass is 166 g/mol. The zero-order valence-corrected chi connectivity index (χ0v) is 7.58. The second-order valence-electron chi connectivity index (χ2n) is 4.85. The fraction of sp³-hybridized carbons (Fsp3) is 1.00. The first kappa shape index (κ1) is 7.34. The molecule has 2 saturated heterocycles. The Balaban J connectivity index is 1.70. The average Bonchev–Trinajstić information content (AvgIpc) is 2.79. The predicted octanol–water partition coefficient (Wildman–Crippen LogP) is 0.675. The van der Waals surface area contributed by atoms with Gasteiger partial charge in [-0.25, -0.2) is 0 Å². The SMILES string of the molecule is NCC1CCN2CC3CC3C2C1. The molecule has 2 heteroatoms. The van der Waals surface area contributed by atoms with Crippen LogP contribution in [0.25, 0.3) is 0 Å². The van der Waals surface area contributed by atoms with E-state index in [1.54, 1.807) is 0 Å². The molecule has 2 aliphatic heterocycles. The maximum Gasteiger partial charge on any atom is 0.0130 e. The zero-order chi connectivity index (χ0) is 8.13. The van der Waals surface area contributed by atoms with Crippen molar-refractivity contribution >= 4 is 0 Å². The van der Waals surface area contributed by atoms with Crippen LogP contribution in [0.2, 0.25) is 0 Å². The molecule has 0 amide bonds. The van der Waals surface area contributed by atoms with E-state index in [1.807, 2.05) is 0 Å². The van der Waals surface area contributed by atoms with E-state index in [0.717, 1.165) is 30.3 Å². The highest BCUT2D eigenvalue weighted by molar-refractivity contribution is 5.06. The summed E-state index contributed by atoms with van der Waals surface area (Å²) < 4.78 is 0. The van der Waals surface area contributed by atoms with Gasteiger partial charge in [-0.3, -0.25) is 4.90 Å². The van der Waals surface area contributed by atoms with Crippen molar-refractivity contribution in [3.8, 4) is 0 Å². The molecular weight excluding hydrogens is 148 g/mol. The first-order valence-corrected chi connectivity index (χ1v) is 5.32. The topological polar surface area (TPSA) is 29.3 Å². The Labute approximate surface area is 74.1 Å². The molecule has 0 aromatic heterocycles. The highest BCUT2D eigenvalue weighted by Gasteiger charge is 2.53. The van der Waals surface area contributed by atoms with Crippen molar-refractivity contribution in [2.75, 3.05) is 19.6 Å². The first-order chi connectivity index (χ1) is 5.88. The lowest BCUT2D eigenvalue weighted by Crippen LogP contribution is -2.42. The summed E-state index contributed by atoms with van der Waals surface area (Å²) in [6.07, 6.45) is 4.28. The van der Waals surface area contributed by atoms with Crippen LogP contribution in [-0.2, 0) is 0 Å². The van der Waals surface area contributed by atoms with Crippen LogP contribution in [0, 0.1) is 17.8 Å². The number of fused-ring (bicyclic) bond motifs is 3. The third kappa shape index (κ3) is 0.944. The van der Waals surface area contributed by atoms with Gasteiger partial charge in [-0.2, -0.15) is 0 Å². The third-order valence-corrected chi connectivity index (χ3v) is 4.14. The van der Waals surface area contributed by atoms with E-state index < -0.39 is 0 Å². The van der Waals surface area contributed by atoms with Gasteiger partial charge in [0.1, 0.15) is 0 Å². The Morgan fingerprint density at radius 3 is 3.08 bits per heavy atom. The molecular formula is C10H18N2. The van der Waals surface area contributed by atoms with Crippen LogP contribution in [-0.4, -0.2) is 30.6 Å². The molecule has 0 aromatic carbocycles. The Morgan fingerprint density at radius 1 is 1.33 bits per heavy atom. The molecule has 2 heterocycles. The van der Waals surface area contributed by atoms with Crippen molar-refractivity contribution in [1.82, 2.24) is 4.90 Å². The van der Waals surface area contributed by atoms with E-state index in [9.17, 15) is 0 Å². The zero-order valence-electron chi connectivity index (χ0n) is 7.58. The highest BCUT2D eigenvalue weighted by atomic mass is 15.2.